The van der Waals surface area contributed by atoms with E-state index in [1.165, 1.54) is 26.4 Å². The van der Waals surface area contributed by atoms with Crippen LogP contribution in [0.5, 0.6) is 11.5 Å². The third-order valence-electron chi connectivity index (χ3n) is 4.76. The Hall–Kier alpha value is -1.99. The van der Waals surface area contributed by atoms with E-state index in [2.05, 4.69) is 10.6 Å². The summed E-state index contributed by atoms with van der Waals surface area (Å²) < 4.78 is 16.3. The van der Waals surface area contributed by atoms with Gasteiger partial charge in [-0.1, -0.05) is 19.3 Å². The van der Waals surface area contributed by atoms with Gasteiger partial charge in [0.15, 0.2) is 0 Å². The minimum absolute atomic E-state index is 0.0773. The average Bonchev–Trinajstić information content (AvgIpc) is 2.72. The van der Waals surface area contributed by atoms with Crippen LogP contribution in [-0.2, 0) is 4.74 Å². The number of rotatable bonds is 10. The zero-order chi connectivity index (χ0) is 19.5. The van der Waals surface area contributed by atoms with Crippen LogP contribution in [0.2, 0.25) is 0 Å². The molecule has 0 saturated heterocycles. The van der Waals surface area contributed by atoms with Crippen molar-refractivity contribution in [2.45, 2.75) is 50.7 Å². The Morgan fingerprint density at radius 3 is 2.67 bits per heavy atom. The van der Waals surface area contributed by atoms with Gasteiger partial charge in [-0.15, -0.1) is 0 Å². The van der Waals surface area contributed by atoms with E-state index < -0.39 is 6.10 Å². The molecule has 1 saturated carbocycles. The van der Waals surface area contributed by atoms with Crippen molar-refractivity contribution in [1.82, 2.24) is 10.6 Å². The lowest BCUT2D eigenvalue weighted by Crippen LogP contribution is -2.38. The maximum absolute atomic E-state index is 11.9. The first kappa shape index (κ1) is 21.3. The van der Waals surface area contributed by atoms with Crippen molar-refractivity contribution in [3.8, 4) is 11.5 Å². The lowest BCUT2D eigenvalue weighted by molar-refractivity contribution is 0.0275. The summed E-state index contributed by atoms with van der Waals surface area (Å²) in [6.45, 7) is 1.28. The predicted octanol–water partition coefficient (Wildman–Crippen LogP) is 2.78. The first-order chi connectivity index (χ1) is 13.1. The Labute approximate surface area is 161 Å². The number of carbonyl (C=O) groups is 1. The summed E-state index contributed by atoms with van der Waals surface area (Å²) in [6.07, 6.45) is 6.40. The highest BCUT2D eigenvalue weighted by atomic mass is 16.5. The average molecular weight is 380 g/mol. The van der Waals surface area contributed by atoms with Crippen LogP contribution in [0.15, 0.2) is 18.2 Å². The van der Waals surface area contributed by atoms with E-state index in [9.17, 15) is 9.90 Å². The fourth-order valence-electron chi connectivity index (χ4n) is 3.22. The lowest BCUT2D eigenvalue weighted by atomic mass is 9.98. The maximum Gasteiger partial charge on any atom is 0.314 e. The minimum atomic E-state index is -0.893. The Balaban J connectivity index is 1.64. The molecular weight excluding hydrogens is 348 g/mol. The third kappa shape index (κ3) is 7.27. The van der Waals surface area contributed by atoms with E-state index in [0.717, 1.165) is 19.3 Å². The number of hydrogen-bond acceptors (Lipinski definition) is 5. The van der Waals surface area contributed by atoms with Crippen LogP contribution in [0.25, 0.3) is 0 Å². The van der Waals surface area contributed by atoms with E-state index in [1.807, 2.05) is 0 Å². The van der Waals surface area contributed by atoms with Crippen molar-refractivity contribution in [2.24, 2.45) is 0 Å². The fraction of sp³-hybridized carbons (Fsp3) is 0.650. The number of nitrogens with one attached hydrogen (secondary N) is 2. The molecule has 0 aromatic heterocycles. The van der Waals surface area contributed by atoms with Crippen LogP contribution < -0.4 is 20.1 Å². The second-order valence-electron chi connectivity index (χ2n) is 6.74. The molecule has 7 heteroatoms. The molecule has 0 spiro atoms. The predicted molar refractivity (Wildman–Crippen MR) is 103 cm³/mol. The Morgan fingerprint density at radius 2 is 1.96 bits per heavy atom. The number of hydrogen-bond donors (Lipinski definition) is 3. The summed E-state index contributed by atoms with van der Waals surface area (Å²) >= 11 is 0. The number of urea groups is 1. The van der Waals surface area contributed by atoms with Crippen molar-refractivity contribution in [2.75, 3.05) is 33.9 Å². The van der Waals surface area contributed by atoms with E-state index in [4.69, 9.17) is 14.2 Å². The molecule has 2 rings (SSSR count). The van der Waals surface area contributed by atoms with Gasteiger partial charge in [-0.3, -0.25) is 0 Å². The van der Waals surface area contributed by atoms with Crippen molar-refractivity contribution in [3.63, 3.8) is 0 Å². The van der Waals surface area contributed by atoms with Crippen LogP contribution in [0.1, 0.15) is 50.2 Å². The molecule has 7 nitrogen and oxygen atoms in total. The summed E-state index contributed by atoms with van der Waals surface area (Å²) in [5, 5.41) is 15.8. The van der Waals surface area contributed by atoms with E-state index in [-0.39, 0.29) is 12.6 Å². The van der Waals surface area contributed by atoms with Gasteiger partial charge in [-0.2, -0.15) is 0 Å². The zero-order valence-corrected chi connectivity index (χ0v) is 16.3. The van der Waals surface area contributed by atoms with Crippen molar-refractivity contribution < 1.29 is 24.1 Å². The second-order valence-corrected chi connectivity index (χ2v) is 6.74. The van der Waals surface area contributed by atoms with Crippen LogP contribution in [0.3, 0.4) is 0 Å². The highest BCUT2D eigenvalue weighted by Crippen LogP contribution is 2.29. The quantitative estimate of drug-likeness (QED) is 0.543. The molecule has 152 valence electrons. The normalized spacial score (nSPS) is 15.8. The zero-order valence-electron chi connectivity index (χ0n) is 16.3. The van der Waals surface area contributed by atoms with Crippen molar-refractivity contribution >= 4 is 6.03 Å². The SMILES string of the molecule is COc1ccc(OC)c(C(O)CNC(=O)NCCCOC2CCCCC2)c1. The van der Waals surface area contributed by atoms with Gasteiger partial charge in [0.1, 0.15) is 17.6 Å². The standard InChI is InChI=1S/C20H32N2O5/c1-25-16-9-10-19(26-2)17(13-16)18(23)14-22-20(24)21-11-6-12-27-15-7-4-3-5-8-15/h9-10,13,15,18,23H,3-8,11-12,14H2,1-2H3,(H2,21,22,24). The number of amides is 2. The highest BCUT2D eigenvalue weighted by molar-refractivity contribution is 5.73. The molecule has 0 heterocycles. The second kappa shape index (κ2) is 11.7. The Kier molecular flexibility index (Phi) is 9.21. The summed E-state index contributed by atoms with van der Waals surface area (Å²) in [7, 11) is 3.09. The molecule has 1 aliphatic carbocycles. The molecule has 1 fully saturated rings. The molecule has 0 bridgehead atoms. The number of ether oxygens (including phenoxy) is 3. The number of aliphatic hydroxyl groups excluding tert-OH is 1. The van der Waals surface area contributed by atoms with Crippen LogP contribution >= 0.6 is 0 Å². The largest absolute Gasteiger partial charge is 0.497 e. The smallest absolute Gasteiger partial charge is 0.314 e. The van der Waals surface area contributed by atoms with Gasteiger partial charge in [0.2, 0.25) is 0 Å². The van der Waals surface area contributed by atoms with Crippen molar-refractivity contribution in [1.29, 1.82) is 0 Å². The molecule has 1 aromatic rings. The van der Waals surface area contributed by atoms with E-state index in [0.29, 0.717) is 36.3 Å². The number of benzene rings is 1. The molecular formula is C20H32N2O5. The van der Waals surface area contributed by atoms with Gasteiger partial charge in [-0.05, 0) is 37.5 Å². The first-order valence-corrected chi connectivity index (χ1v) is 9.67. The monoisotopic (exact) mass is 380 g/mol. The summed E-state index contributed by atoms with van der Waals surface area (Å²) in [4.78, 5) is 11.9. The first-order valence-electron chi connectivity index (χ1n) is 9.67. The van der Waals surface area contributed by atoms with Gasteiger partial charge in [0.05, 0.1) is 20.3 Å². The van der Waals surface area contributed by atoms with E-state index in [1.54, 1.807) is 25.3 Å². The van der Waals surface area contributed by atoms with Gasteiger partial charge in [-0.25, -0.2) is 4.79 Å². The Bertz CT molecular complexity index is 575. The minimum Gasteiger partial charge on any atom is -0.497 e. The summed E-state index contributed by atoms with van der Waals surface area (Å²) in [6, 6.07) is 4.87. The van der Waals surface area contributed by atoms with Crippen LogP contribution in [0, 0.1) is 0 Å². The molecule has 3 N–H and O–H groups in total. The molecule has 0 aliphatic heterocycles. The lowest BCUT2D eigenvalue weighted by Gasteiger charge is -2.22. The molecule has 27 heavy (non-hydrogen) atoms. The Morgan fingerprint density at radius 1 is 1.19 bits per heavy atom. The third-order valence-corrected chi connectivity index (χ3v) is 4.76. The van der Waals surface area contributed by atoms with E-state index >= 15 is 0 Å². The highest BCUT2D eigenvalue weighted by Gasteiger charge is 2.16. The molecule has 1 aliphatic rings. The van der Waals surface area contributed by atoms with Gasteiger partial charge < -0.3 is 30.0 Å². The van der Waals surface area contributed by atoms with Crippen molar-refractivity contribution in [3.05, 3.63) is 23.8 Å². The number of carbonyl (C=O) groups excluding carboxylic acids is 1. The number of aliphatic hydroxyl groups is 1. The summed E-state index contributed by atoms with van der Waals surface area (Å²) in [5.74, 6) is 1.16. The molecule has 2 amide bonds. The molecule has 1 atom stereocenters. The van der Waals surface area contributed by atoms with Crippen LogP contribution in [0.4, 0.5) is 4.79 Å². The molecule has 1 unspecified atom stereocenters. The molecule has 1 aromatic carbocycles. The van der Waals surface area contributed by atoms with Crippen LogP contribution in [-0.4, -0.2) is 51.2 Å². The molecule has 0 radical (unpaired) electrons. The maximum atomic E-state index is 11.9. The number of methoxy groups -OCH3 is 2. The van der Waals surface area contributed by atoms with Gasteiger partial charge >= 0.3 is 6.03 Å². The summed E-state index contributed by atoms with van der Waals surface area (Å²) in [5.41, 5.74) is 0.568. The van der Waals surface area contributed by atoms with Gasteiger partial charge in [0, 0.05) is 25.3 Å². The fourth-order valence-corrected chi connectivity index (χ4v) is 3.22. The van der Waals surface area contributed by atoms with Gasteiger partial charge in [0.25, 0.3) is 0 Å². The topological polar surface area (TPSA) is 89.0 Å².